The van der Waals surface area contributed by atoms with Gasteiger partial charge in [-0.05, 0) is 77.9 Å². The van der Waals surface area contributed by atoms with Crippen molar-refractivity contribution in [1.82, 2.24) is 20.2 Å². The fourth-order valence-electron chi connectivity index (χ4n) is 4.08. The molecule has 5 rings (SSSR count). The average molecular weight is 614 g/mol. The molecule has 4 aromatic carbocycles. The van der Waals surface area contributed by atoms with Crippen molar-refractivity contribution in [3.05, 3.63) is 113 Å². The summed E-state index contributed by atoms with van der Waals surface area (Å²) in [5.41, 5.74) is 6.01. The van der Waals surface area contributed by atoms with Crippen LogP contribution in [-0.4, -0.2) is 46.9 Å². The number of ether oxygens (including phenoxy) is 3. The second kappa shape index (κ2) is 14.4. The number of benzene rings is 4. The van der Waals surface area contributed by atoms with Crippen LogP contribution >= 0.6 is 23.4 Å². The highest BCUT2D eigenvalue weighted by Crippen LogP contribution is 2.30. The zero-order valence-electron chi connectivity index (χ0n) is 23.4. The van der Waals surface area contributed by atoms with Gasteiger partial charge < -0.3 is 14.2 Å². The molecule has 0 radical (unpaired) electrons. The Morgan fingerprint density at radius 1 is 0.930 bits per heavy atom. The van der Waals surface area contributed by atoms with Crippen LogP contribution in [0, 0.1) is 0 Å². The van der Waals surface area contributed by atoms with Gasteiger partial charge in [0.25, 0.3) is 5.91 Å². The molecule has 1 aromatic heterocycles. The van der Waals surface area contributed by atoms with Gasteiger partial charge in [-0.25, -0.2) is 5.43 Å². The number of carbonyl (C=O) groups excluding carboxylic acids is 1. The Kier molecular flexibility index (Phi) is 9.94. The Labute approximate surface area is 258 Å². The van der Waals surface area contributed by atoms with E-state index in [0.717, 1.165) is 28.1 Å². The van der Waals surface area contributed by atoms with Gasteiger partial charge in [0.1, 0.15) is 12.4 Å². The van der Waals surface area contributed by atoms with E-state index in [2.05, 4.69) is 20.7 Å². The first kappa shape index (κ1) is 29.7. The highest BCUT2D eigenvalue weighted by molar-refractivity contribution is 7.99. The minimum atomic E-state index is -0.299. The molecule has 0 aliphatic rings. The van der Waals surface area contributed by atoms with Crippen molar-refractivity contribution < 1.29 is 19.0 Å². The van der Waals surface area contributed by atoms with Crippen LogP contribution in [0.25, 0.3) is 17.1 Å². The molecule has 9 nitrogen and oxygen atoms in total. The van der Waals surface area contributed by atoms with E-state index in [0.29, 0.717) is 34.1 Å². The summed E-state index contributed by atoms with van der Waals surface area (Å²) < 4.78 is 18.5. The van der Waals surface area contributed by atoms with Gasteiger partial charge >= 0.3 is 0 Å². The predicted octanol–water partition coefficient (Wildman–Crippen LogP) is 6.43. The molecule has 1 heterocycles. The maximum Gasteiger partial charge on any atom is 0.250 e. The maximum absolute atomic E-state index is 12.7. The minimum Gasteiger partial charge on any atom is -0.497 e. The summed E-state index contributed by atoms with van der Waals surface area (Å²) in [4.78, 5) is 12.7. The fourth-order valence-corrected chi connectivity index (χ4v) is 4.95. The van der Waals surface area contributed by atoms with E-state index in [1.165, 1.54) is 11.8 Å². The monoisotopic (exact) mass is 613 g/mol. The van der Waals surface area contributed by atoms with Crippen molar-refractivity contribution in [2.24, 2.45) is 5.10 Å². The van der Waals surface area contributed by atoms with Crippen molar-refractivity contribution in [3.8, 4) is 34.3 Å². The van der Waals surface area contributed by atoms with Crippen LogP contribution < -0.4 is 19.6 Å². The number of nitrogens with zero attached hydrogens (tertiary/aromatic N) is 4. The molecule has 0 saturated heterocycles. The van der Waals surface area contributed by atoms with Gasteiger partial charge in [-0.15, -0.1) is 10.2 Å². The van der Waals surface area contributed by atoms with E-state index in [1.54, 1.807) is 38.6 Å². The molecule has 0 aliphatic heterocycles. The first-order valence-corrected chi connectivity index (χ1v) is 14.6. The van der Waals surface area contributed by atoms with Gasteiger partial charge in [-0.3, -0.25) is 9.36 Å². The molecule has 5 aromatic rings. The lowest BCUT2D eigenvalue weighted by Gasteiger charge is -2.11. The largest absolute Gasteiger partial charge is 0.497 e. The Morgan fingerprint density at radius 3 is 2.42 bits per heavy atom. The number of nitrogens with one attached hydrogen (secondary N) is 1. The van der Waals surface area contributed by atoms with Crippen LogP contribution in [0.3, 0.4) is 0 Å². The van der Waals surface area contributed by atoms with Crippen molar-refractivity contribution in [1.29, 1.82) is 0 Å². The van der Waals surface area contributed by atoms with Crippen molar-refractivity contribution in [2.45, 2.75) is 11.8 Å². The van der Waals surface area contributed by atoms with E-state index < -0.39 is 0 Å². The van der Waals surface area contributed by atoms with Crippen LogP contribution in [0.5, 0.6) is 17.2 Å². The summed E-state index contributed by atoms with van der Waals surface area (Å²) >= 11 is 7.37. The zero-order valence-corrected chi connectivity index (χ0v) is 25.0. The number of hydrogen-bond acceptors (Lipinski definition) is 8. The van der Waals surface area contributed by atoms with E-state index in [9.17, 15) is 4.79 Å². The number of thioether (sulfide) groups is 1. The summed E-state index contributed by atoms with van der Waals surface area (Å²) in [6.45, 7) is 0.395. The highest BCUT2D eigenvalue weighted by atomic mass is 35.5. The molecule has 0 bridgehead atoms. The molecule has 0 spiro atoms. The lowest BCUT2D eigenvalue weighted by Crippen LogP contribution is -2.20. The van der Waals surface area contributed by atoms with Crippen LogP contribution in [0.2, 0.25) is 5.02 Å². The normalized spacial score (nSPS) is 11.0. The van der Waals surface area contributed by atoms with E-state index in [1.807, 2.05) is 83.4 Å². The molecular formula is C32H28ClN5O4S. The number of amides is 1. The number of methoxy groups -OCH3 is 2. The second-order valence-electron chi connectivity index (χ2n) is 9.11. The van der Waals surface area contributed by atoms with Crippen molar-refractivity contribution in [2.75, 3.05) is 20.0 Å². The fraction of sp³-hybridized carbons (Fsp3) is 0.125. The number of hydrazone groups is 1. The number of rotatable bonds is 12. The van der Waals surface area contributed by atoms with E-state index >= 15 is 0 Å². The SMILES string of the molecule is COc1ccc(-c2nnc(SCC(=O)N/N=C\c3ccc(OC)c(OCc4ccccc4)c3)n2-c2ccc(Cl)cc2)cc1. The molecule has 1 amide bonds. The van der Waals surface area contributed by atoms with Crippen LogP contribution in [0.15, 0.2) is 107 Å². The summed E-state index contributed by atoms with van der Waals surface area (Å²) in [6, 6.07) is 30.1. The standard InChI is InChI=1S/C32H28ClN5O4S/c1-40-27-15-9-24(10-16-27)31-36-37-32(38(31)26-13-11-25(33)12-14-26)43-21-30(39)35-34-19-23-8-17-28(41-2)29(18-23)42-20-22-6-4-3-5-7-22/h3-19H,20-21H2,1-2H3,(H,35,39)/b34-19-. The first-order valence-electron chi connectivity index (χ1n) is 13.2. The zero-order chi connectivity index (χ0) is 30.0. The van der Waals surface area contributed by atoms with Gasteiger partial charge in [0.05, 0.1) is 26.2 Å². The lowest BCUT2D eigenvalue weighted by atomic mass is 10.2. The van der Waals surface area contributed by atoms with Crippen molar-refractivity contribution >= 4 is 35.5 Å². The maximum atomic E-state index is 12.7. The molecule has 11 heteroatoms. The van der Waals surface area contributed by atoms with Gasteiger partial charge in [0.15, 0.2) is 22.5 Å². The van der Waals surface area contributed by atoms with Crippen molar-refractivity contribution in [3.63, 3.8) is 0 Å². The Bertz CT molecular complexity index is 1690. The Hall–Kier alpha value is -4.80. The number of aromatic nitrogens is 3. The first-order chi connectivity index (χ1) is 21.0. The van der Waals surface area contributed by atoms with Gasteiger partial charge in [-0.1, -0.05) is 53.7 Å². The molecule has 43 heavy (non-hydrogen) atoms. The molecule has 0 fully saturated rings. The number of halogens is 1. The molecule has 0 atom stereocenters. The number of hydrogen-bond donors (Lipinski definition) is 1. The Balaban J connectivity index is 1.25. The molecule has 0 saturated carbocycles. The van der Waals surface area contributed by atoms with Crippen LogP contribution in [0.4, 0.5) is 0 Å². The smallest absolute Gasteiger partial charge is 0.250 e. The third kappa shape index (κ3) is 7.73. The molecule has 0 unspecified atom stereocenters. The van der Waals surface area contributed by atoms with Gasteiger partial charge in [0, 0.05) is 16.3 Å². The summed E-state index contributed by atoms with van der Waals surface area (Å²) in [7, 11) is 3.20. The highest BCUT2D eigenvalue weighted by Gasteiger charge is 2.17. The third-order valence-electron chi connectivity index (χ3n) is 6.23. The topological polar surface area (TPSA) is 99.9 Å². The van der Waals surface area contributed by atoms with Gasteiger partial charge in [0.2, 0.25) is 0 Å². The summed E-state index contributed by atoms with van der Waals surface area (Å²) in [6.07, 6.45) is 1.55. The predicted molar refractivity (Wildman–Crippen MR) is 169 cm³/mol. The Morgan fingerprint density at radius 2 is 1.70 bits per heavy atom. The molecule has 0 aliphatic carbocycles. The van der Waals surface area contributed by atoms with E-state index in [4.69, 9.17) is 25.8 Å². The number of carbonyl (C=O) groups is 1. The average Bonchev–Trinajstić information content (AvgIpc) is 3.47. The van der Waals surface area contributed by atoms with E-state index in [-0.39, 0.29) is 11.7 Å². The lowest BCUT2D eigenvalue weighted by molar-refractivity contribution is -0.118. The summed E-state index contributed by atoms with van der Waals surface area (Å²) in [5, 5.41) is 14.1. The van der Waals surface area contributed by atoms with Crippen LogP contribution in [0.1, 0.15) is 11.1 Å². The quantitative estimate of drug-likeness (QED) is 0.0984. The summed E-state index contributed by atoms with van der Waals surface area (Å²) in [5.74, 6) is 2.31. The second-order valence-corrected chi connectivity index (χ2v) is 10.5. The molecular weight excluding hydrogens is 586 g/mol. The van der Waals surface area contributed by atoms with Crippen LogP contribution in [-0.2, 0) is 11.4 Å². The minimum absolute atomic E-state index is 0.0692. The molecule has 218 valence electrons. The molecule has 1 N–H and O–H groups in total. The van der Waals surface area contributed by atoms with Gasteiger partial charge in [-0.2, -0.15) is 5.10 Å². The third-order valence-corrected chi connectivity index (χ3v) is 7.41.